The van der Waals surface area contributed by atoms with Crippen LogP contribution in [-0.2, 0) is 0 Å². The molecule has 19 heavy (non-hydrogen) atoms. The van der Waals surface area contributed by atoms with E-state index < -0.39 is 0 Å². The van der Waals surface area contributed by atoms with Crippen molar-refractivity contribution in [1.29, 1.82) is 0 Å². The first-order valence-electron chi connectivity index (χ1n) is 7.22. The third-order valence-corrected chi connectivity index (χ3v) is 5.45. The van der Waals surface area contributed by atoms with Crippen molar-refractivity contribution in [3.05, 3.63) is 41.6 Å². The van der Waals surface area contributed by atoms with Crippen LogP contribution in [0, 0.1) is 13.8 Å². The van der Waals surface area contributed by atoms with Crippen LogP contribution in [0.3, 0.4) is 0 Å². The Balaban J connectivity index is 0.000000861. The van der Waals surface area contributed by atoms with E-state index in [9.17, 15) is 0 Å². The van der Waals surface area contributed by atoms with Crippen molar-refractivity contribution in [2.45, 2.75) is 58.8 Å². The van der Waals surface area contributed by atoms with Crippen molar-refractivity contribution in [2.75, 3.05) is 5.32 Å². The predicted molar refractivity (Wildman–Crippen MR) is 90.8 cm³/mol. The minimum atomic E-state index is 0.316. The van der Waals surface area contributed by atoms with E-state index in [0.717, 1.165) is 14.2 Å². The second-order valence-electron chi connectivity index (χ2n) is 5.50. The van der Waals surface area contributed by atoms with Crippen molar-refractivity contribution in [1.82, 2.24) is 0 Å². The predicted octanol–water partition coefficient (Wildman–Crippen LogP) is 5.48. The molecule has 0 aromatic heterocycles. The highest BCUT2D eigenvalue weighted by Crippen LogP contribution is 2.56. The number of hydrogen-bond donors (Lipinski definition) is 1. The van der Waals surface area contributed by atoms with E-state index in [0.29, 0.717) is 5.16 Å². The maximum Gasteiger partial charge on any atom is 0.0411 e. The molecule has 0 radical (unpaired) electrons. The first kappa shape index (κ1) is 16.2. The fourth-order valence-electron chi connectivity index (χ4n) is 2.60. The van der Waals surface area contributed by atoms with Crippen LogP contribution < -0.4 is 5.32 Å². The van der Waals surface area contributed by atoms with Crippen molar-refractivity contribution in [2.24, 2.45) is 0 Å². The van der Waals surface area contributed by atoms with Crippen LogP contribution in [0.4, 0.5) is 5.69 Å². The maximum atomic E-state index is 4.24. The molecule has 2 rings (SSSR count). The third-order valence-electron chi connectivity index (χ3n) is 3.61. The number of allylic oxidation sites excluding steroid dienone is 1. The lowest BCUT2D eigenvalue weighted by atomic mass is 9.99. The van der Waals surface area contributed by atoms with Gasteiger partial charge in [0.15, 0.2) is 0 Å². The Labute approximate surface area is 120 Å². The van der Waals surface area contributed by atoms with Gasteiger partial charge in [0, 0.05) is 16.5 Å². The largest absolute Gasteiger partial charge is 0.358 e. The molecule has 0 amide bonds. The molecule has 3 atom stereocenters. The van der Waals surface area contributed by atoms with Gasteiger partial charge in [-0.15, -0.1) is 8.58 Å². The quantitative estimate of drug-likeness (QED) is 0.721. The average Bonchev–Trinajstić information content (AvgIpc) is 2.33. The summed E-state index contributed by atoms with van der Waals surface area (Å²) in [6.45, 7) is 17.2. The van der Waals surface area contributed by atoms with Gasteiger partial charge in [-0.2, -0.15) is 0 Å². The molecule has 1 fully saturated rings. The Kier molecular flexibility index (Phi) is 5.62. The minimum absolute atomic E-state index is 0.316. The van der Waals surface area contributed by atoms with E-state index in [-0.39, 0.29) is 0 Å². The van der Waals surface area contributed by atoms with E-state index in [4.69, 9.17) is 0 Å². The van der Waals surface area contributed by atoms with Crippen LogP contribution in [0.25, 0.3) is 0 Å². The molecular formula is C17H28NP. The summed E-state index contributed by atoms with van der Waals surface area (Å²) in [4.78, 5) is 0. The average molecular weight is 277 g/mol. The van der Waals surface area contributed by atoms with Crippen LogP contribution in [0.15, 0.2) is 30.5 Å². The number of anilines is 1. The first-order chi connectivity index (χ1) is 8.90. The molecule has 0 spiro atoms. The Morgan fingerprint density at radius 1 is 1.37 bits per heavy atom. The van der Waals surface area contributed by atoms with Gasteiger partial charge in [-0.1, -0.05) is 52.0 Å². The SMILES string of the molecule is C=C(Nc1ccc(C)cc1C)C1(C)CC(C)P1.CC. The highest BCUT2D eigenvalue weighted by molar-refractivity contribution is 7.43. The van der Waals surface area contributed by atoms with Crippen LogP contribution in [0.1, 0.15) is 45.2 Å². The zero-order chi connectivity index (χ0) is 14.6. The summed E-state index contributed by atoms with van der Waals surface area (Å²) in [5.41, 5.74) is 5.86. The molecule has 1 heterocycles. The lowest BCUT2D eigenvalue weighted by molar-refractivity contribution is 0.592. The number of hydrogen-bond acceptors (Lipinski definition) is 1. The Morgan fingerprint density at radius 3 is 2.42 bits per heavy atom. The topological polar surface area (TPSA) is 12.0 Å². The van der Waals surface area contributed by atoms with Crippen LogP contribution >= 0.6 is 8.58 Å². The summed E-state index contributed by atoms with van der Waals surface area (Å²) < 4.78 is 0. The van der Waals surface area contributed by atoms with Gasteiger partial charge in [-0.25, -0.2) is 0 Å². The monoisotopic (exact) mass is 277 g/mol. The summed E-state index contributed by atoms with van der Waals surface area (Å²) >= 11 is 0. The summed E-state index contributed by atoms with van der Waals surface area (Å²) in [5, 5.41) is 3.83. The highest BCUT2D eigenvalue weighted by atomic mass is 31.1. The van der Waals surface area contributed by atoms with Gasteiger partial charge >= 0.3 is 0 Å². The lowest BCUT2D eigenvalue weighted by Gasteiger charge is -2.45. The third kappa shape index (κ3) is 3.83. The van der Waals surface area contributed by atoms with E-state index in [1.165, 1.54) is 28.9 Å². The van der Waals surface area contributed by atoms with Crippen LogP contribution in [0.5, 0.6) is 0 Å². The fraction of sp³-hybridized carbons (Fsp3) is 0.529. The Bertz CT molecular complexity index is 445. The van der Waals surface area contributed by atoms with Gasteiger partial charge in [0.05, 0.1) is 0 Å². The summed E-state index contributed by atoms with van der Waals surface area (Å²) in [6, 6.07) is 6.52. The standard InChI is InChI=1S/C15H22NP.C2H6/c1-10-6-7-14(11(2)8-10)16-13(4)15(5)9-12(3)17-15;1-2/h6-8,12,16-17H,4,9H2,1-3,5H3;1-2H3. The molecule has 1 aliphatic rings. The molecule has 1 saturated heterocycles. The van der Waals surface area contributed by atoms with Crippen molar-refractivity contribution in [3.63, 3.8) is 0 Å². The number of nitrogens with one attached hydrogen (secondary N) is 1. The molecule has 1 N–H and O–H groups in total. The molecule has 106 valence electrons. The van der Waals surface area contributed by atoms with Gasteiger partial charge < -0.3 is 5.32 Å². The smallest absolute Gasteiger partial charge is 0.0411 e. The van der Waals surface area contributed by atoms with Gasteiger partial charge in [0.2, 0.25) is 0 Å². The lowest BCUT2D eigenvalue weighted by Crippen LogP contribution is -2.38. The number of rotatable bonds is 3. The van der Waals surface area contributed by atoms with Gasteiger partial charge in [0.25, 0.3) is 0 Å². The van der Waals surface area contributed by atoms with Crippen LogP contribution in [0.2, 0.25) is 0 Å². The molecular weight excluding hydrogens is 249 g/mol. The summed E-state index contributed by atoms with van der Waals surface area (Å²) in [5.74, 6) is 0. The highest BCUT2D eigenvalue weighted by Gasteiger charge is 2.40. The van der Waals surface area contributed by atoms with Gasteiger partial charge in [0.1, 0.15) is 0 Å². The number of aryl methyl sites for hydroxylation is 2. The molecule has 0 aliphatic carbocycles. The van der Waals surface area contributed by atoms with Gasteiger partial charge in [-0.3, -0.25) is 0 Å². The zero-order valence-electron chi connectivity index (χ0n) is 13.2. The first-order valence-corrected chi connectivity index (χ1v) is 8.30. The van der Waals surface area contributed by atoms with E-state index in [1.54, 1.807) is 0 Å². The molecule has 0 saturated carbocycles. The Morgan fingerprint density at radius 2 is 1.95 bits per heavy atom. The molecule has 2 heteroatoms. The summed E-state index contributed by atoms with van der Waals surface area (Å²) in [7, 11) is 1.00. The Hall–Kier alpha value is -0.810. The van der Waals surface area contributed by atoms with E-state index in [2.05, 4.69) is 57.8 Å². The normalized spacial score (nSPS) is 26.1. The number of benzene rings is 1. The van der Waals surface area contributed by atoms with Crippen molar-refractivity contribution >= 4 is 14.3 Å². The van der Waals surface area contributed by atoms with Crippen molar-refractivity contribution < 1.29 is 0 Å². The second kappa shape index (κ2) is 6.57. The molecule has 1 aromatic rings. The molecule has 0 bridgehead atoms. The summed E-state index contributed by atoms with van der Waals surface area (Å²) in [6.07, 6.45) is 1.27. The van der Waals surface area contributed by atoms with Gasteiger partial charge in [-0.05, 0) is 37.6 Å². The van der Waals surface area contributed by atoms with Crippen LogP contribution in [-0.4, -0.2) is 10.8 Å². The van der Waals surface area contributed by atoms with E-state index in [1.807, 2.05) is 13.8 Å². The molecule has 1 aromatic carbocycles. The van der Waals surface area contributed by atoms with E-state index >= 15 is 0 Å². The van der Waals surface area contributed by atoms with Crippen molar-refractivity contribution in [3.8, 4) is 0 Å². The molecule has 3 unspecified atom stereocenters. The fourth-order valence-corrected chi connectivity index (χ4v) is 4.49. The maximum absolute atomic E-state index is 4.24. The second-order valence-corrected chi connectivity index (χ2v) is 7.88. The zero-order valence-corrected chi connectivity index (χ0v) is 14.2. The molecule has 1 nitrogen and oxygen atoms in total. The molecule has 1 aliphatic heterocycles. The minimum Gasteiger partial charge on any atom is -0.358 e.